The second-order valence-electron chi connectivity index (χ2n) is 13.1. The Balaban J connectivity index is 3.13. The Morgan fingerprint density at radius 1 is 0.212 bits per heavy atom. The standard InChI is InChI=1S/C22H4F36O8/c23-5(24)1(63-19(51,52)11(35,59)15(39,40)41)6(25,26)3(65-21(55,56)13(37,61)17(45,46)47)8(29,30)2(5,64-20(53,54)12(36,60)16(42,43)44)9(31,32)4(7(1,27)28,10(3,33)34)66-22(57,58)14(38,62)18(48,49)50/h59-62H. The Bertz CT molecular complexity index is 1570. The minimum Gasteiger partial charge on any atom is -0.348 e. The predicted molar refractivity (Wildman–Crippen MR) is 113 cm³/mol. The van der Waals surface area contributed by atoms with E-state index in [1.807, 2.05) is 0 Å². The number of rotatable bonds is 12. The molecule has 4 saturated carbocycles. The van der Waals surface area contributed by atoms with Crippen molar-refractivity contribution in [3.63, 3.8) is 0 Å². The summed E-state index contributed by atoms with van der Waals surface area (Å²) in [5, 5.41) is 34.1. The van der Waals surface area contributed by atoms with Crippen molar-refractivity contribution in [2.24, 2.45) is 0 Å². The van der Waals surface area contributed by atoms with Gasteiger partial charge in [-0.25, -0.2) is 0 Å². The van der Waals surface area contributed by atoms with Crippen molar-refractivity contribution in [1.82, 2.24) is 0 Å². The number of hydrogen-bond donors (Lipinski definition) is 4. The summed E-state index contributed by atoms with van der Waals surface area (Å²) in [6, 6.07) is 0. The van der Waals surface area contributed by atoms with Gasteiger partial charge in [-0.15, -0.1) is 0 Å². The van der Waals surface area contributed by atoms with Crippen molar-refractivity contribution in [3.8, 4) is 0 Å². The topological polar surface area (TPSA) is 118 Å². The van der Waals surface area contributed by atoms with Gasteiger partial charge in [-0.2, -0.15) is 158 Å². The highest BCUT2D eigenvalue weighted by Gasteiger charge is 3.24. The summed E-state index contributed by atoms with van der Waals surface area (Å²) in [4.78, 5) is 0. The summed E-state index contributed by atoms with van der Waals surface area (Å²) in [6.45, 7) is 0. The van der Waals surface area contributed by atoms with Crippen LogP contribution >= 0.6 is 0 Å². The van der Waals surface area contributed by atoms with Crippen LogP contribution in [0.4, 0.5) is 158 Å². The van der Waals surface area contributed by atoms with Crippen LogP contribution in [-0.4, -0.2) is 151 Å². The van der Waals surface area contributed by atoms with E-state index >= 15 is 52.7 Å². The van der Waals surface area contributed by atoms with Crippen LogP contribution in [0.2, 0.25) is 0 Å². The Hall–Kier alpha value is -2.84. The van der Waals surface area contributed by atoms with Gasteiger partial charge in [0.05, 0.1) is 0 Å². The van der Waals surface area contributed by atoms with E-state index in [2.05, 4.69) is 0 Å². The molecule has 4 rings (SSSR count). The van der Waals surface area contributed by atoms with E-state index in [0.29, 0.717) is 0 Å². The first-order valence-corrected chi connectivity index (χ1v) is 14.3. The van der Waals surface area contributed by atoms with Crippen LogP contribution in [0.5, 0.6) is 0 Å². The molecule has 0 radical (unpaired) electrons. The molecule has 4 aliphatic rings. The molecule has 0 amide bonds. The van der Waals surface area contributed by atoms with Gasteiger partial charge in [0.2, 0.25) is 0 Å². The summed E-state index contributed by atoms with van der Waals surface area (Å²) in [5.41, 5.74) is -42.0. The molecular formula is C22H4F36O8. The molecule has 0 saturated heterocycles. The fourth-order valence-corrected chi connectivity index (χ4v) is 6.32. The van der Waals surface area contributed by atoms with Crippen molar-refractivity contribution >= 4 is 0 Å². The summed E-state index contributed by atoms with van der Waals surface area (Å²) in [7, 11) is 0. The maximum Gasteiger partial charge on any atom is 0.457 e. The minimum atomic E-state index is -10.5. The number of ether oxygens (including phenoxy) is 4. The van der Waals surface area contributed by atoms with Crippen molar-refractivity contribution in [1.29, 1.82) is 0 Å². The highest BCUT2D eigenvalue weighted by atomic mass is 19.4. The van der Waals surface area contributed by atoms with Gasteiger partial charge in [-0.05, 0) is 0 Å². The Labute approximate surface area is 329 Å². The predicted octanol–water partition coefficient (Wildman–Crippen LogP) is 8.11. The molecule has 0 aromatic heterocycles. The zero-order valence-corrected chi connectivity index (χ0v) is 28.0. The lowest BCUT2D eigenvalue weighted by Gasteiger charge is -2.79. The quantitative estimate of drug-likeness (QED) is 0.145. The molecule has 4 fully saturated rings. The number of alkyl halides is 36. The van der Waals surface area contributed by atoms with Gasteiger partial charge in [-0.3, -0.25) is 18.9 Å². The van der Waals surface area contributed by atoms with Crippen molar-refractivity contribution in [3.05, 3.63) is 0 Å². The largest absolute Gasteiger partial charge is 0.457 e. The van der Waals surface area contributed by atoms with Crippen LogP contribution in [0, 0.1) is 0 Å². The van der Waals surface area contributed by atoms with Crippen LogP contribution in [0.3, 0.4) is 0 Å². The summed E-state index contributed by atoms with van der Waals surface area (Å²) < 4.78 is 533. The van der Waals surface area contributed by atoms with Crippen LogP contribution in [0.15, 0.2) is 0 Å². The third-order valence-corrected chi connectivity index (χ3v) is 9.48. The zero-order valence-electron chi connectivity index (χ0n) is 28.0. The van der Waals surface area contributed by atoms with E-state index in [-0.39, 0.29) is 0 Å². The molecule has 4 bridgehead atoms. The van der Waals surface area contributed by atoms with E-state index in [4.69, 9.17) is 20.4 Å². The van der Waals surface area contributed by atoms with E-state index in [0.717, 1.165) is 18.9 Å². The van der Waals surface area contributed by atoms with Gasteiger partial charge in [-0.1, -0.05) is 0 Å². The van der Waals surface area contributed by atoms with Gasteiger partial charge in [0.25, 0.3) is 22.4 Å². The molecule has 4 N–H and O–H groups in total. The van der Waals surface area contributed by atoms with Gasteiger partial charge in [0, 0.05) is 0 Å². The van der Waals surface area contributed by atoms with Crippen LogP contribution < -0.4 is 0 Å². The average Bonchev–Trinajstić information content (AvgIpc) is 3.02. The molecule has 66 heavy (non-hydrogen) atoms. The van der Waals surface area contributed by atoms with Gasteiger partial charge in [0.1, 0.15) is 0 Å². The maximum absolute atomic E-state index is 16.4. The molecule has 0 aliphatic heterocycles. The summed E-state index contributed by atoms with van der Waals surface area (Å²) >= 11 is 0. The molecule has 0 spiro atoms. The van der Waals surface area contributed by atoms with E-state index in [9.17, 15) is 105 Å². The molecule has 4 aliphatic carbocycles. The van der Waals surface area contributed by atoms with E-state index < -0.39 is 130 Å². The van der Waals surface area contributed by atoms with Crippen LogP contribution in [0.25, 0.3) is 0 Å². The third kappa shape index (κ3) is 5.47. The second kappa shape index (κ2) is 13.1. The third-order valence-electron chi connectivity index (χ3n) is 9.48. The van der Waals surface area contributed by atoms with Crippen LogP contribution in [-0.2, 0) is 18.9 Å². The number of hydrogen-bond acceptors (Lipinski definition) is 8. The SMILES string of the molecule is OC(F)(C(F)(F)F)C(F)(F)OC12C(F)(F)C3(OC(F)(F)C(O)(F)C(F)(F)F)C(F)(F)C(OC(F)(F)C(O)(F)C(F)(F)F)(C1(F)F)C(F)(F)C(OC(F)(F)C(O)(F)C(F)(F)F)(C2(F)F)C3(F)F. The lowest BCUT2D eigenvalue weighted by Crippen LogP contribution is -3.13. The molecule has 0 aromatic rings. The average molecular weight is 1080 g/mol. The van der Waals surface area contributed by atoms with Gasteiger partial charge < -0.3 is 20.4 Å². The molecule has 4 atom stereocenters. The maximum atomic E-state index is 16.4. The molecule has 8 nitrogen and oxygen atoms in total. The van der Waals surface area contributed by atoms with E-state index in [1.165, 1.54) is 0 Å². The molecule has 4 unspecified atom stereocenters. The molecule has 0 heterocycles. The molecular weight excluding hydrogens is 1080 g/mol. The smallest absolute Gasteiger partial charge is 0.348 e. The van der Waals surface area contributed by atoms with Crippen molar-refractivity contribution in [2.45, 2.75) is 130 Å². The first-order valence-electron chi connectivity index (χ1n) is 14.3. The number of aliphatic hydroxyl groups is 4. The Kier molecular flexibility index (Phi) is 11.4. The highest BCUT2D eigenvalue weighted by Crippen LogP contribution is 2.90. The molecule has 392 valence electrons. The van der Waals surface area contributed by atoms with Crippen molar-refractivity contribution in [2.75, 3.05) is 0 Å². The van der Waals surface area contributed by atoms with Gasteiger partial charge >= 0.3 is 108 Å². The lowest BCUT2D eigenvalue weighted by atomic mass is 9.38. The second-order valence-corrected chi connectivity index (χ2v) is 13.1. The molecule has 44 heteroatoms. The highest BCUT2D eigenvalue weighted by molar-refractivity contribution is 5.55. The monoisotopic (exact) mass is 1080 g/mol. The first kappa shape index (κ1) is 57.5. The zero-order chi connectivity index (χ0) is 53.8. The normalized spacial score (nSPS) is 34.5. The van der Waals surface area contributed by atoms with Crippen molar-refractivity contribution < 1.29 is 197 Å². The van der Waals surface area contributed by atoms with Crippen LogP contribution in [0.1, 0.15) is 0 Å². The fraction of sp³-hybridized carbons (Fsp3) is 1.00. The van der Waals surface area contributed by atoms with Gasteiger partial charge in [0.15, 0.2) is 0 Å². The first-order chi connectivity index (χ1) is 27.8. The van der Waals surface area contributed by atoms with E-state index in [1.54, 1.807) is 0 Å². The molecule has 0 aromatic carbocycles. The Morgan fingerprint density at radius 3 is 0.379 bits per heavy atom. The Morgan fingerprint density at radius 2 is 0.303 bits per heavy atom. The minimum absolute atomic E-state index is 1.09. The summed E-state index contributed by atoms with van der Waals surface area (Å²) in [5.74, 6) is -98.5. The lowest BCUT2D eigenvalue weighted by molar-refractivity contribution is -0.693. The number of halogens is 36. The fourth-order valence-electron chi connectivity index (χ4n) is 6.32. The summed E-state index contributed by atoms with van der Waals surface area (Å²) in [6.07, 6.45) is -72.6.